The van der Waals surface area contributed by atoms with Crippen molar-refractivity contribution >= 4 is 5.69 Å². The molecular formula is C16H24F2N2O. The number of benzene rings is 1. The van der Waals surface area contributed by atoms with Crippen LogP contribution in [0.5, 0.6) is 0 Å². The fourth-order valence-electron chi connectivity index (χ4n) is 2.63. The molecule has 1 N–H and O–H groups in total. The lowest BCUT2D eigenvalue weighted by atomic mass is 10.1. The highest BCUT2D eigenvalue weighted by Gasteiger charge is 2.24. The average molecular weight is 298 g/mol. The Morgan fingerprint density at radius 3 is 2.33 bits per heavy atom. The van der Waals surface area contributed by atoms with E-state index in [1.54, 1.807) is 11.9 Å². The predicted molar refractivity (Wildman–Crippen MR) is 80.6 cm³/mol. The Labute approximate surface area is 125 Å². The Balaban J connectivity index is 2.15. The van der Waals surface area contributed by atoms with Gasteiger partial charge in [0.15, 0.2) is 0 Å². The molecule has 0 amide bonds. The van der Waals surface area contributed by atoms with Gasteiger partial charge in [-0.3, -0.25) is 0 Å². The van der Waals surface area contributed by atoms with Gasteiger partial charge in [-0.05, 0) is 30.5 Å². The lowest BCUT2D eigenvalue weighted by Crippen LogP contribution is -2.37. The molecular weight excluding hydrogens is 274 g/mol. The van der Waals surface area contributed by atoms with Gasteiger partial charge in [-0.15, -0.1) is 0 Å². The summed E-state index contributed by atoms with van der Waals surface area (Å²) < 4.78 is 33.9. The molecule has 1 aromatic rings. The first-order valence-electron chi connectivity index (χ1n) is 7.51. The van der Waals surface area contributed by atoms with Crippen LogP contribution in [0.15, 0.2) is 12.1 Å². The van der Waals surface area contributed by atoms with Crippen LogP contribution in [0.3, 0.4) is 0 Å². The van der Waals surface area contributed by atoms with Crippen molar-refractivity contribution in [3.05, 3.63) is 29.3 Å². The maximum atomic E-state index is 14.3. The maximum Gasteiger partial charge on any atom is 0.149 e. The van der Waals surface area contributed by atoms with Crippen LogP contribution in [0.4, 0.5) is 14.5 Å². The lowest BCUT2D eigenvalue weighted by molar-refractivity contribution is 0.0852. The summed E-state index contributed by atoms with van der Waals surface area (Å²) in [6.07, 6.45) is 1.60. The van der Waals surface area contributed by atoms with Crippen LogP contribution < -0.4 is 10.2 Å². The van der Waals surface area contributed by atoms with Crippen LogP contribution in [0, 0.1) is 11.6 Å². The number of nitrogens with one attached hydrogen (secondary N) is 1. The summed E-state index contributed by atoms with van der Waals surface area (Å²) in [6, 6.07) is 3.25. The van der Waals surface area contributed by atoms with E-state index < -0.39 is 11.6 Å². The number of anilines is 1. The Bertz CT molecular complexity index is 450. The summed E-state index contributed by atoms with van der Waals surface area (Å²) in [5, 5.41) is 3.16. The molecule has 1 saturated heterocycles. The Hall–Kier alpha value is -1.20. The van der Waals surface area contributed by atoms with Crippen LogP contribution in [-0.2, 0) is 11.3 Å². The second kappa shape index (κ2) is 7.18. The fraction of sp³-hybridized carbons (Fsp3) is 0.625. The molecule has 1 aromatic carbocycles. The van der Waals surface area contributed by atoms with Crippen molar-refractivity contribution in [1.29, 1.82) is 0 Å². The Morgan fingerprint density at radius 2 is 1.81 bits per heavy atom. The van der Waals surface area contributed by atoms with Crippen LogP contribution >= 0.6 is 0 Å². The molecule has 0 spiro atoms. The Kier molecular flexibility index (Phi) is 5.53. The van der Waals surface area contributed by atoms with Crippen LogP contribution in [-0.4, -0.2) is 32.3 Å². The number of rotatable bonds is 5. The Morgan fingerprint density at radius 1 is 1.24 bits per heavy atom. The van der Waals surface area contributed by atoms with Gasteiger partial charge in [0, 0.05) is 38.9 Å². The smallest absolute Gasteiger partial charge is 0.149 e. The lowest BCUT2D eigenvalue weighted by Gasteiger charge is -2.33. The average Bonchev–Trinajstić information content (AvgIpc) is 2.45. The van der Waals surface area contributed by atoms with E-state index in [1.807, 2.05) is 13.8 Å². The normalized spacial score (nSPS) is 16.5. The molecule has 1 heterocycles. The van der Waals surface area contributed by atoms with E-state index in [0.29, 0.717) is 25.3 Å². The van der Waals surface area contributed by atoms with Gasteiger partial charge in [-0.25, -0.2) is 8.78 Å². The zero-order valence-corrected chi connectivity index (χ0v) is 13.0. The van der Waals surface area contributed by atoms with Crippen molar-refractivity contribution in [2.24, 2.45) is 0 Å². The molecule has 0 atom stereocenters. The van der Waals surface area contributed by atoms with Gasteiger partial charge in [0.25, 0.3) is 0 Å². The third kappa shape index (κ3) is 4.14. The van der Waals surface area contributed by atoms with Crippen molar-refractivity contribution in [3.63, 3.8) is 0 Å². The first-order valence-corrected chi connectivity index (χ1v) is 7.51. The van der Waals surface area contributed by atoms with E-state index in [2.05, 4.69) is 5.32 Å². The van der Waals surface area contributed by atoms with Gasteiger partial charge in [-0.2, -0.15) is 0 Å². The molecule has 0 aliphatic carbocycles. The standard InChI is InChI=1S/C16H24F2N2O/c1-11(2)19-10-12-8-14(17)16(15(18)9-12)20(3)13-4-6-21-7-5-13/h8-9,11,13,19H,4-7,10H2,1-3H3. The first kappa shape index (κ1) is 16.2. The van der Waals surface area contributed by atoms with E-state index in [-0.39, 0.29) is 17.8 Å². The second-order valence-electron chi connectivity index (χ2n) is 5.90. The summed E-state index contributed by atoms with van der Waals surface area (Å²) >= 11 is 0. The summed E-state index contributed by atoms with van der Waals surface area (Å²) in [7, 11) is 1.75. The first-order chi connectivity index (χ1) is 9.99. The van der Waals surface area contributed by atoms with E-state index in [9.17, 15) is 8.78 Å². The molecule has 2 rings (SSSR count). The zero-order chi connectivity index (χ0) is 15.4. The highest BCUT2D eigenvalue weighted by atomic mass is 19.1. The number of nitrogens with zero attached hydrogens (tertiary/aromatic N) is 1. The van der Waals surface area contributed by atoms with E-state index in [0.717, 1.165) is 12.8 Å². The van der Waals surface area contributed by atoms with Gasteiger partial charge in [0.05, 0.1) is 0 Å². The molecule has 0 saturated carbocycles. The van der Waals surface area contributed by atoms with Gasteiger partial charge in [0.1, 0.15) is 17.3 Å². The number of hydrogen-bond acceptors (Lipinski definition) is 3. The maximum absolute atomic E-state index is 14.3. The molecule has 3 nitrogen and oxygen atoms in total. The van der Waals surface area contributed by atoms with Crippen LogP contribution in [0.25, 0.3) is 0 Å². The second-order valence-corrected chi connectivity index (χ2v) is 5.90. The van der Waals surface area contributed by atoms with Gasteiger partial charge < -0.3 is 15.0 Å². The third-order valence-corrected chi connectivity index (χ3v) is 3.88. The quantitative estimate of drug-likeness (QED) is 0.904. The number of hydrogen-bond donors (Lipinski definition) is 1. The third-order valence-electron chi connectivity index (χ3n) is 3.88. The predicted octanol–water partition coefficient (Wildman–Crippen LogP) is 3.08. The molecule has 0 unspecified atom stereocenters. The SMILES string of the molecule is CC(C)NCc1cc(F)c(N(C)C2CCOCC2)c(F)c1. The summed E-state index contributed by atoms with van der Waals surface area (Å²) in [4.78, 5) is 1.72. The molecule has 0 bridgehead atoms. The fourth-order valence-corrected chi connectivity index (χ4v) is 2.63. The minimum atomic E-state index is -0.496. The minimum Gasteiger partial charge on any atom is -0.381 e. The largest absolute Gasteiger partial charge is 0.381 e. The molecule has 1 fully saturated rings. The molecule has 118 valence electrons. The summed E-state index contributed by atoms with van der Waals surface area (Å²) in [6.45, 7) is 5.76. The highest BCUT2D eigenvalue weighted by molar-refractivity contribution is 5.51. The van der Waals surface area contributed by atoms with Gasteiger partial charge in [0.2, 0.25) is 0 Å². The number of ether oxygens (including phenoxy) is 1. The summed E-state index contributed by atoms with van der Waals surface area (Å²) in [5.74, 6) is -0.992. The summed E-state index contributed by atoms with van der Waals surface area (Å²) in [5.41, 5.74) is 0.693. The van der Waals surface area contributed by atoms with Gasteiger partial charge in [-0.1, -0.05) is 13.8 Å². The molecule has 1 aliphatic heterocycles. The van der Waals surface area contributed by atoms with Crippen molar-refractivity contribution < 1.29 is 13.5 Å². The van der Waals surface area contributed by atoms with Crippen molar-refractivity contribution in [3.8, 4) is 0 Å². The monoisotopic (exact) mass is 298 g/mol. The number of halogens is 2. The molecule has 21 heavy (non-hydrogen) atoms. The topological polar surface area (TPSA) is 24.5 Å². The van der Waals surface area contributed by atoms with E-state index in [4.69, 9.17) is 4.74 Å². The highest BCUT2D eigenvalue weighted by Crippen LogP contribution is 2.28. The minimum absolute atomic E-state index is 0.0650. The van der Waals surface area contributed by atoms with Crippen molar-refractivity contribution in [2.45, 2.75) is 45.3 Å². The van der Waals surface area contributed by atoms with Crippen molar-refractivity contribution in [2.75, 3.05) is 25.2 Å². The zero-order valence-electron chi connectivity index (χ0n) is 13.0. The van der Waals surface area contributed by atoms with Gasteiger partial charge >= 0.3 is 0 Å². The van der Waals surface area contributed by atoms with E-state index >= 15 is 0 Å². The molecule has 0 aromatic heterocycles. The van der Waals surface area contributed by atoms with Crippen molar-refractivity contribution in [1.82, 2.24) is 5.32 Å². The molecule has 0 radical (unpaired) electrons. The van der Waals surface area contributed by atoms with E-state index in [1.165, 1.54) is 12.1 Å². The molecule has 5 heteroatoms. The van der Waals surface area contributed by atoms with Crippen LogP contribution in [0.1, 0.15) is 32.3 Å². The molecule has 1 aliphatic rings. The van der Waals surface area contributed by atoms with Crippen LogP contribution in [0.2, 0.25) is 0 Å².